The number of carbonyl (C=O) groups excluding carboxylic acids is 1. The fourth-order valence-electron chi connectivity index (χ4n) is 2.61. The molecule has 0 aliphatic carbocycles. The highest BCUT2D eigenvalue weighted by molar-refractivity contribution is 14.0. The van der Waals surface area contributed by atoms with Crippen molar-refractivity contribution in [1.29, 1.82) is 0 Å². The second-order valence-electron chi connectivity index (χ2n) is 6.44. The fourth-order valence-corrected chi connectivity index (χ4v) is 2.61. The molecule has 0 radical (unpaired) electrons. The molecular formula is C21H26F3IN4O3. The first-order valence-corrected chi connectivity index (χ1v) is 9.71. The summed E-state index contributed by atoms with van der Waals surface area (Å²) >= 11 is 0. The first-order chi connectivity index (χ1) is 14.8. The van der Waals surface area contributed by atoms with Gasteiger partial charge in [-0.05, 0) is 37.6 Å². The van der Waals surface area contributed by atoms with Crippen LogP contribution in [0.5, 0.6) is 11.5 Å². The predicted octanol–water partition coefficient (Wildman–Crippen LogP) is 3.78. The topological polar surface area (TPSA) is 95.0 Å². The summed E-state index contributed by atoms with van der Waals surface area (Å²) in [7, 11) is 0. The van der Waals surface area contributed by atoms with E-state index < -0.39 is 6.36 Å². The number of amides is 1. The van der Waals surface area contributed by atoms with Crippen LogP contribution in [0.15, 0.2) is 53.5 Å². The molecule has 176 valence electrons. The summed E-state index contributed by atoms with van der Waals surface area (Å²) in [5.41, 5.74) is 0.665. The summed E-state index contributed by atoms with van der Waals surface area (Å²) in [5.74, 6) is -0.131. The zero-order valence-corrected chi connectivity index (χ0v) is 19.7. The van der Waals surface area contributed by atoms with E-state index in [0.717, 1.165) is 0 Å². The SMILES string of the molecule is CCNC(=NCc1ccccc1OC(F)(F)F)NCCCNC(=O)c1cccc(O)c1.I. The van der Waals surface area contributed by atoms with E-state index in [1.165, 1.54) is 30.3 Å². The van der Waals surface area contributed by atoms with Crippen molar-refractivity contribution in [1.82, 2.24) is 16.0 Å². The highest BCUT2D eigenvalue weighted by atomic mass is 127. The van der Waals surface area contributed by atoms with E-state index >= 15 is 0 Å². The van der Waals surface area contributed by atoms with Crippen molar-refractivity contribution in [3.8, 4) is 11.5 Å². The summed E-state index contributed by atoms with van der Waals surface area (Å²) < 4.78 is 41.7. The molecule has 2 aromatic carbocycles. The van der Waals surface area contributed by atoms with Crippen LogP contribution in [0.25, 0.3) is 0 Å². The van der Waals surface area contributed by atoms with Crippen molar-refractivity contribution < 1.29 is 27.8 Å². The Kier molecular flexibility index (Phi) is 11.7. The molecular weight excluding hydrogens is 540 g/mol. The maximum Gasteiger partial charge on any atom is 0.573 e. The van der Waals surface area contributed by atoms with Crippen LogP contribution in [0, 0.1) is 0 Å². The molecule has 0 unspecified atom stereocenters. The zero-order chi connectivity index (χ0) is 22.7. The van der Waals surface area contributed by atoms with Crippen LogP contribution in [0.3, 0.4) is 0 Å². The van der Waals surface area contributed by atoms with Gasteiger partial charge in [0.1, 0.15) is 11.5 Å². The van der Waals surface area contributed by atoms with Crippen LogP contribution in [-0.4, -0.2) is 43.0 Å². The molecule has 32 heavy (non-hydrogen) atoms. The highest BCUT2D eigenvalue weighted by Gasteiger charge is 2.31. The lowest BCUT2D eigenvalue weighted by atomic mass is 10.2. The van der Waals surface area contributed by atoms with Gasteiger partial charge >= 0.3 is 6.36 Å². The average Bonchev–Trinajstić information content (AvgIpc) is 2.71. The molecule has 2 aromatic rings. The van der Waals surface area contributed by atoms with E-state index in [-0.39, 0.29) is 47.9 Å². The molecule has 4 N–H and O–H groups in total. The zero-order valence-electron chi connectivity index (χ0n) is 17.4. The van der Waals surface area contributed by atoms with Gasteiger partial charge in [-0.15, -0.1) is 37.1 Å². The minimum atomic E-state index is -4.77. The van der Waals surface area contributed by atoms with Crippen molar-refractivity contribution >= 4 is 35.8 Å². The predicted molar refractivity (Wildman–Crippen MR) is 126 cm³/mol. The number of nitrogens with zero attached hydrogens (tertiary/aromatic N) is 1. The number of aromatic hydroxyl groups is 1. The Labute approximate surface area is 201 Å². The van der Waals surface area contributed by atoms with Gasteiger partial charge in [-0.2, -0.15) is 0 Å². The van der Waals surface area contributed by atoms with E-state index in [2.05, 4.69) is 25.7 Å². The third-order valence-corrected chi connectivity index (χ3v) is 3.99. The Bertz CT molecular complexity index is 895. The number of ether oxygens (including phenoxy) is 1. The maximum absolute atomic E-state index is 12.5. The number of alkyl halides is 3. The Morgan fingerprint density at radius 1 is 1.06 bits per heavy atom. The third kappa shape index (κ3) is 10.1. The maximum atomic E-state index is 12.5. The van der Waals surface area contributed by atoms with E-state index in [4.69, 9.17) is 0 Å². The molecule has 11 heteroatoms. The molecule has 0 fully saturated rings. The summed E-state index contributed by atoms with van der Waals surface area (Å²) in [6, 6.07) is 11.9. The van der Waals surface area contributed by atoms with Crippen molar-refractivity contribution in [3.05, 3.63) is 59.7 Å². The van der Waals surface area contributed by atoms with E-state index in [1.54, 1.807) is 18.2 Å². The highest BCUT2D eigenvalue weighted by Crippen LogP contribution is 2.26. The van der Waals surface area contributed by atoms with Gasteiger partial charge in [-0.25, -0.2) is 4.99 Å². The Hall–Kier alpha value is -2.70. The number of benzene rings is 2. The first-order valence-electron chi connectivity index (χ1n) is 9.71. The molecule has 7 nitrogen and oxygen atoms in total. The number of rotatable bonds is 9. The quantitative estimate of drug-likeness (QED) is 0.161. The van der Waals surface area contributed by atoms with Crippen molar-refractivity contribution in [2.75, 3.05) is 19.6 Å². The second kappa shape index (κ2) is 13.7. The second-order valence-corrected chi connectivity index (χ2v) is 6.44. The number of hydrogen-bond acceptors (Lipinski definition) is 4. The van der Waals surface area contributed by atoms with Gasteiger partial charge in [-0.1, -0.05) is 24.3 Å². The number of aliphatic imine (C=N–C) groups is 1. The van der Waals surface area contributed by atoms with E-state index in [9.17, 15) is 23.1 Å². The standard InChI is InChI=1S/C21H25F3N4O3.HI/c1-2-25-20(28-14-16-7-3-4-10-18(16)31-21(22,23)24)27-12-6-11-26-19(30)15-8-5-9-17(29)13-15;/h3-5,7-10,13,29H,2,6,11-12,14H2,1H3,(H,26,30)(H2,25,27,28);1H. The Morgan fingerprint density at radius 3 is 2.47 bits per heavy atom. The lowest BCUT2D eigenvalue weighted by Crippen LogP contribution is -2.38. The van der Waals surface area contributed by atoms with Gasteiger partial charge in [0.05, 0.1) is 6.54 Å². The Balaban J connectivity index is 0.00000512. The van der Waals surface area contributed by atoms with Crippen LogP contribution in [0.2, 0.25) is 0 Å². The van der Waals surface area contributed by atoms with Crippen LogP contribution < -0.4 is 20.7 Å². The number of para-hydroxylation sites is 1. The van der Waals surface area contributed by atoms with Crippen molar-refractivity contribution in [2.24, 2.45) is 4.99 Å². The molecule has 0 saturated carbocycles. The largest absolute Gasteiger partial charge is 0.573 e. The van der Waals surface area contributed by atoms with Gasteiger partial charge in [0.2, 0.25) is 0 Å². The molecule has 0 heterocycles. The molecule has 0 aromatic heterocycles. The van der Waals surface area contributed by atoms with Gasteiger partial charge < -0.3 is 25.8 Å². The van der Waals surface area contributed by atoms with Gasteiger partial charge in [0.15, 0.2) is 5.96 Å². The molecule has 0 atom stereocenters. The average molecular weight is 566 g/mol. The number of hydrogen-bond donors (Lipinski definition) is 4. The monoisotopic (exact) mass is 566 g/mol. The number of halogens is 4. The molecule has 0 aliphatic heterocycles. The molecule has 1 amide bonds. The summed E-state index contributed by atoms with van der Waals surface area (Å²) in [4.78, 5) is 16.3. The number of phenolic OH excluding ortho intramolecular Hbond substituents is 1. The lowest BCUT2D eigenvalue weighted by molar-refractivity contribution is -0.274. The van der Waals surface area contributed by atoms with Crippen LogP contribution in [-0.2, 0) is 6.54 Å². The minimum absolute atomic E-state index is 0. The first kappa shape index (κ1) is 27.3. The van der Waals surface area contributed by atoms with Crippen LogP contribution in [0.1, 0.15) is 29.3 Å². The van der Waals surface area contributed by atoms with E-state index in [0.29, 0.717) is 43.1 Å². The van der Waals surface area contributed by atoms with Crippen LogP contribution >= 0.6 is 24.0 Å². The number of carbonyl (C=O) groups is 1. The summed E-state index contributed by atoms with van der Waals surface area (Å²) in [6.45, 7) is 3.31. The molecule has 0 spiro atoms. The number of phenols is 1. The smallest absolute Gasteiger partial charge is 0.508 e. The third-order valence-electron chi connectivity index (χ3n) is 3.99. The Morgan fingerprint density at radius 2 is 1.78 bits per heavy atom. The van der Waals surface area contributed by atoms with Crippen molar-refractivity contribution in [3.63, 3.8) is 0 Å². The number of nitrogens with one attached hydrogen (secondary N) is 3. The number of guanidine groups is 1. The molecule has 0 bridgehead atoms. The van der Waals surface area contributed by atoms with Crippen molar-refractivity contribution in [2.45, 2.75) is 26.3 Å². The van der Waals surface area contributed by atoms with Gasteiger partial charge in [-0.3, -0.25) is 4.79 Å². The van der Waals surface area contributed by atoms with Gasteiger partial charge in [0.25, 0.3) is 5.91 Å². The normalized spacial score (nSPS) is 11.3. The van der Waals surface area contributed by atoms with E-state index in [1.807, 2.05) is 6.92 Å². The lowest BCUT2D eigenvalue weighted by Gasteiger charge is -2.14. The van der Waals surface area contributed by atoms with Gasteiger partial charge in [0, 0.05) is 30.8 Å². The summed E-state index contributed by atoms with van der Waals surface area (Å²) in [6.07, 6.45) is -4.19. The fraction of sp³-hybridized carbons (Fsp3) is 0.333. The minimum Gasteiger partial charge on any atom is -0.508 e. The molecule has 2 rings (SSSR count). The van der Waals surface area contributed by atoms with Crippen LogP contribution in [0.4, 0.5) is 13.2 Å². The summed E-state index contributed by atoms with van der Waals surface area (Å²) in [5, 5.41) is 18.2. The molecule has 0 saturated heterocycles. The molecule has 0 aliphatic rings.